The molecule has 1 N–H and O–H groups in total. The van der Waals surface area contributed by atoms with Crippen LogP contribution in [0.3, 0.4) is 0 Å². The van der Waals surface area contributed by atoms with Crippen LogP contribution in [0.4, 0.5) is 0 Å². The predicted molar refractivity (Wildman–Crippen MR) is 87.0 cm³/mol. The average molecular weight is 346 g/mol. The van der Waals surface area contributed by atoms with Crippen molar-refractivity contribution in [3.63, 3.8) is 0 Å². The van der Waals surface area contributed by atoms with Crippen LogP contribution in [-0.2, 0) is 23.3 Å². The van der Waals surface area contributed by atoms with E-state index in [2.05, 4.69) is 10.2 Å². The van der Waals surface area contributed by atoms with E-state index in [1.54, 1.807) is 16.7 Å². The fourth-order valence-electron chi connectivity index (χ4n) is 3.35. The smallest absolute Gasteiger partial charge is 0.191 e. The van der Waals surface area contributed by atoms with Gasteiger partial charge in [-0.15, -0.1) is 10.2 Å². The van der Waals surface area contributed by atoms with Gasteiger partial charge in [0.15, 0.2) is 15.0 Å². The van der Waals surface area contributed by atoms with Gasteiger partial charge in [-0.1, -0.05) is 11.8 Å². The maximum Gasteiger partial charge on any atom is 0.191 e. The van der Waals surface area contributed by atoms with Crippen molar-refractivity contribution in [1.29, 1.82) is 0 Å². The molecule has 0 radical (unpaired) electrons. The third-order valence-corrected chi connectivity index (χ3v) is 7.58. The van der Waals surface area contributed by atoms with Crippen molar-refractivity contribution in [1.82, 2.24) is 14.8 Å². The van der Waals surface area contributed by atoms with Crippen LogP contribution in [0.25, 0.3) is 0 Å². The molecule has 3 rings (SSSR count). The molecule has 1 aromatic heterocycles. The predicted octanol–water partition coefficient (Wildman–Crippen LogP) is -0.437. The zero-order chi connectivity index (χ0) is 15.6. The first-order valence-corrected chi connectivity index (χ1v) is 10.9. The molecule has 0 saturated carbocycles. The number of thioether (sulfide) groups is 1. The molecule has 2 saturated heterocycles. The maximum atomic E-state index is 11.5. The number of rotatable bonds is 6. The number of sulfone groups is 1. The monoisotopic (exact) mass is 345 g/mol. The second-order valence-electron chi connectivity index (χ2n) is 6.49. The molecular weight excluding hydrogens is 320 g/mol. The third-order valence-electron chi connectivity index (χ3n) is 4.72. The lowest BCUT2D eigenvalue weighted by Gasteiger charge is -2.11. The first kappa shape index (κ1) is 16.3. The van der Waals surface area contributed by atoms with Gasteiger partial charge in [0, 0.05) is 26.3 Å². The van der Waals surface area contributed by atoms with Crippen LogP contribution < -0.4 is 4.90 Å². The molecule has 0 spiro atoms. The SMILES string of the molecule is Cn1c(C[C@@H]2CCS(=O)(=O)C2)nnc1SCC[NH+]1CCCC1. The molecule has 0 amide bonds. The molecule has 124 valence electrons. The van der Waals surface area contributed by atoms with Crippen molar-refractivity contribution in [2.24, 2.45) is 13.0 Å². The van der Waals surface area contributed by atoms with E-state index >= 15 is 0 Å². The van der Waals surface area contributed by atoms with Gasteiger partial charge in [0.1, 0.15) is 5.82 Å². The zero-order valence-corrected chi connectivity index (χ0v) is 14.8. The molecule has 1 atom stereocenters. The molecule has 8 heteroatoms. The summed E-state index contributed by atoms with van der Waals surface area (Å²) in [6.45, 7) is 3.80. The summed E-state index contributed by atoms with van der Waals surface area (Å²) in [5.41, 5.74) is 0. The summed E-state index contributed by atoms with van der Waals surface area (Å²) >= 11 is 1.76. The fourth-order valence-corrected chi connectivity index (χ4v) is 6.18. The number of likely N-dealkylation sites (tertiary alicyclic amines) is 1. The lowest BCUT2D eigenvalue weighted by atomic mass is 10.1. The fraction of sp³-hybridized carbons (Fsp3) is 0.857. The average Bonchev–Trinajstić information content (AvgIpc) is 3.16. The molecular formula is C14H25N4O2S2+. The minimum Gasteiger partial charge on any atom is -0.334 e. The second-order valence-corrected chi connectivity index (χ2v) is 9.78. The van der Waals surface area contributed by atoms with Gasteiger partial charge in [0.25, 0.3) is 0 Å². The largest absolute Gasteiger partial charge is 0.334 e. The Morgan fingerprint density at radius 2 is 2.09 bits per heavy atom. The zero-order valence-electron chi connectivity index (χ0n) is 13.1. The normalized spacial score (nSPS) is 25.0. The summed E-state index contributed by atoms with van der Waals surface area (Å²) < 4.78 is 25.1. The topological polar surface area (TPSA) is 69.3 Å². The Morgan fingerprint density at radius 1 is 1.32 bits per heavy atom. The summed E-state index contributed by atoms with van der Waals surface area (Å²) in [7, 11) is -0.821. The van der Waals surface area contributed by atoms with Crippen LogP contribution in [0.1, 0.15) is 25.1 Å². The molecule has 2 fully saturated rings. The van der Waals surface area contributed by atoms with Crippen molar-refractivity contribution in [3.05, 3.63) is 5.82 Å². The van der Waals surface area contributed by atoms with Crippen molar-refractivity contribution < 1.29 is 13.3 Å². The van der Waals surface area contributed by atoms with E-state index in [-0.39, 0.29) is 5.92 Å². The molecule has 1 aromatic rings. The molecule has 0 aromatic carbocycles. The minimum atomic E-state index is -2.81. The standard InChI is InChI=1S/C14H24N4O2S2/c1-17-13(10-12-4-9-22(19,20)11-12)15-16-14(17)21-8-7-18-5-2-3-6-18/h12H,2-11H2,1H3/p+1/t12-/m0/s1. The summed E-state index contributed by atoms with van der Waals surface area (Å²) in [5.74, 6) is 2.83. The lowest BCUT2D eigenvalue weighted by molar-refractivity contribution is -0.884. The highest BCUT2D eigenvalue weighted by atomic mass is 32.2. The number of aromatic nitrogens is 3. The summed E-state index contributed by atoms with van der Waals surface area (Å²) in [4.78, 5) is 1.70. The Balaban J connectivity index is 1.50. The highest BCUT2D eigenvalue weighted by Gasteiger charge is 2.29. The third kappa shape index (κ3) is 4.02. The quantitative estimate of drug-likeness (QED) is 0.708. The Hall–Kier alpha value is -0.600. The molecule has 0 bridgehead atoms. The molecule has 22 heavy (non-hydrogen) atoms. The number of hydrogen-bond acceptors (Lipinski definition) is 5. The Bertz CT molecular complexity index is 608. The number of nitrogens with zero attached hydrogens (tertiary/aromatic N) is 3. The van der Waals surface area contributed by atoms with Gasteiger partial charge >= 0.3 is 0 Å². The molecule has 0 aliphatic carbocycles. The first-order chi connectivity index (χ1) is 10.5. The summed E-state index contributed by atoms with van der Waals surface area (Å²) in [5, 5.41) is 9.50. The van der Waals surface area contributed by atoms with E-state index < -0.39 is 9.84 Å². The summed E-state index contributed by atoms with van der Waals surface area (Å²) in [6, 6.07) is 0. The van der Waals surface area contributed by atoms with Gasteiger partial charge in [-0.25, -0.2) is 8.42 Å². The van der Waals surface area contributed by atoms with Gasteiger partial charge in [0.2, 0.25) is 0 Å². The number of nitrogens with one attached hydrogen (secondary N) is 1. The molecule has 2 aliphatic rings. The van der Waals surface area contributed by atoms with Crippen molar-refractivity contribution >= 4 is 21.6 Å². The Morgan fingerprint density at radius 3 is 2.77 bits per heavy atom. The van der Waals surface area contributed by atoms with Crippen molar-refractivity contribution in [3.8, 4) is 0 Å². The summed E-state index contributed by atoms with van der Waals surface area (Å²) in [6.07, 6.45) is 4.20. The molecule has 3 heterocycles. The van der Waals surface area contributed by atoms with E-state index in [1.807, 2.05) is 11.6 Å². The van der Waals surface area contributed by atoms with E-state index in [0.717, 1.165) is 29.6 Å². The molecule has 6 nitrogen and oxygen atoms in total. The van der Waals surface area contributed by atoms with Crippen LogP contribution in [0.2, 0.25) is 0 Å². The van der Waals surface area contributed by atoms with Gasteiger partial charge in [-0.05, 0) is 12.3 Å². The highest BCUT2D eigenvalue weighted by molar-refractivity contribution is 7.99. The van der Waals surface area contributed by atoms with Crippen LogP contribution in [-0.4, -0.2) is 60.1 Å². The molecule has 0 unspecified atom stereocenters. The van der Waals surface area contributed by atoms with Crippen LogP contribution >= 0.6 is 11.8 Å². The first-order valence-electron chi connectivity index (χ1n) is 8.08. The van der Waals surface area contributed by atoms with Gasteiger partial charge in [-0.3, -0.25) is 0 Å². The van der Waals surface area contributed by atoms with Crippen molar-refractivity contribution in [2.45, 2.75) is 30.8 Å². The highest BCUT2D eigenvalue weighted by Crippen LogP contribution is 2.23. The number of hydrogen-bond donors (Lipinski definition) is 1. The lowest BCUT2D eigenvalue weighted by Crippen LogP contribution is -3.10. The van der Waals surface area contributed by atoms with E-state index in [1.165, 1.54) is 32.5 Å². The van der Waals surface area contributed by atoms with Gasteiger partial charge in [-0.2, -0.15) is 0 Å². The molecule has 2 aliphatic heterocycles. The van der Waals surface area contributed by atoms with E-state index in [4.69, 9.17) is 0 Å². The van der Waals surface area contributed by atoms with Crippen LogP contribution in [0.5, 0.6) is 0 Å². The van der Waals surface area contributed by atoms with E-state index in [0.29, 0.717) is 11.5 Å². The minimum absolute atomic E-state index is 0.208. The van der Waals surface area contributed by atoms with Crippen LogP contribution in [0, 0.1) is 5.92 Å². The van der Waals surface area contributed by atoms with Gasteiger partial charge < -0.3 is 9.47 Å². The Labute approximate surface area is 136 Å². The maximum absolute atomic E-state index is 11.5. The number of quaternary nitrogens is 1. The van der Waals surface area contributed by atoms with Gasteiger partial charge in [0.05, 0.1) is 36.9 Å². The Kier molecular flexibility index (Phi) is 5.09. The van der Waals surface area contributed by atoms with Crippen LogP contribution in [0.15, 0.2) is 5.16 Å². The second kappa shape index (κ2) is 6.88. The van der Waals surface area contributed by atoms with Crippen molar-refractivity contribution in [2.75, 3.05) is 36.9 Å². The van der Waals surface area contributed by atoms with E-state index in [9.17, 15) is 8.42 Å².